The second-order valence-corrected chi connectivity index (χ2v) is 26.9. The minimum Gasteiger partial charge on any atom is -0.463 e. The molecule has 0 spiro atoms. The van der Waals surface area contributed by atoms with Crippen LogP contribution >= 0.6 is 0 Å². The second kappa shape index (κ2) is 23.2. The van der Waals surface area contributed by atoms with Crippen molar-refractivity contribution in [2.75, 3.05) is 26.4 Å². The van der Waals surface area contributed by atoms with Crippen LogP contribution in [0.5, 0.6) is 0 Å². The highest BCUT2D eigenvalue weighted by Gasteiger charge is 2.72. The number of carbonyl (C=O) groups excluding carboxylic acids is 2. The van der Waals surface area contributed by atoms with Crippen LogP contribution in [-0.4, -0.2) is 245 Å². The Labute approximate surface area is 471 Å². The van der Waals surface area contributed by atoms with Gasteiger partial charge in [-0.15, -0.1) is 0 Å². The molecule has 0 unspecified atom stereocenters. The van der Waals surface area contributed by atoms with Crippen LogP contribution in [0.4, 0.5) is 0 Å². The summed E-state index contributed by atoms with van der Waals surface area (Å²) in [6.45, 7) is 12.8. The molecule has 9 rings (SSSR count). The molecule has 9 aliphatic rings. The average Bonchev–Trinajstić information content (AvgIpc) is 3.46. The zero-order valence-corrected chi connectivity index (χ0v) is 47.5. The van der Waals surface area contributed by atoms with Crippen molar-refractivity contribution in [3.8, 4) is 0 Å². The minimum absolute atomic E-state index is 0.0725. The predicted octanol–water partition coefficient (Wildman–Crippen LogP) is -2.49. The third kappa shape index (κ3) is 10.6. The summed E-state index contributed by atoms with van der Waals surface area (Å²) in [5.41, 5.74) is -3.11. The van der Waals surface area contributed by atoms with Crippen molar-refractivity contribution in [3.05, 3.63) is 11.6 Å². The lowest BCUT2D eigenvalue weighted by Gasteiger charge is -2.72. The van der Waals surface area contributed by atoms with Gasteiger partial charge in [0.2, 0.25) is 6.29 Å². The molecular formula is C56H90O25. The largest absolute Gasteiger partial charge is 0.463 e. The molecule has 0 radical (unpaired) electrons. The van der Waals surface area contributed by atoms with E-state index < -0.39 is 206 Å². The summed E-state index contributed by atoms with van der Waals surface area (Å²) in [6, 6.07) is 0. The maximum absolute atomic E-state index is 15.8. The van der Waals surface area contributed by atoms with E-state index in [1.54, 1.807) is 0 Å². The first kappa shape index (κ1) is 63.3. The molecule has 0 bridgehead atoms. The Morgan fingerprint density at radius 2 is 1.14 bits per heavy atom. The molecule has 30 atom stereocenters. The van der Waals surface area contributed by atoms with Crippen molar-refractivity contribution in [2.24, 2.45) is 50.2 Å². The Morgan fingerprint density at radius 3 is 1.72 bits per heavy atom. The van der Waals surface area contributed by atoms with Gasteiger partial charge in [0.25, 0.3) is 0 Å². The maximum atomic E-state index is 15.8. The van der Waals surface area contributed by atoms with Gasteiger partial charge in [-0.05, 0) is 104 Å². The predicted molar refractivity (Wildman–Crippen MR) is 274 cm³/mol. The molecule has 4 saturated carbocycles. The number of ether oxygens (including phenoxy) is 9. The lowest BCUT2D eigenvalue weighted by atomic mass is 9.33. The van der Waals surface area contributed by atoms with E-state index in [-0.39, 0.29) is 23.7 Å². The van der Waals surface area contributed by atoms with Crippen molar-refractivity contribution in [3.63, 3.8) is 0 Å². The van der Waals surface area contributed by atoms with E-state index in [0.717, 1.165) is 12.5 Å². The number of carbonyl (C=O) groups is 2. The normalized spacial score (nSPS) is 53.4. The quantitative estimate of drug-likeness (QED) is 0.0515. The number of rotatable bonds is 13. The fraction of sp³-hybridized carbons (Fsp3) is 0.929. The van der Waals surface area contributed by atoms with Gasteiger partial charge in [0, 0.05) is 12.3 Å². The summed E-state index contributed by atoms with van der Waals surface area (Å²) >= 11 is 0. The summed E-state index contributed by atoms with van der Waals surface area (Å²) in [5, 5.41) is 153. The van der Waals surface area contributed by atoms with Crippen molar-refractivity contribution in [1.82, 2.24) is 0 Å². The average molecular weight is 1160 g/mol. The zero-order chi connectivity index (χ0) is 59.4. The van der Waals surface area contributed by atoms with Gasteiger partial charge >= 0.3 is 11.9 Å². The van der Waals surface area contributed by atoms with Crippen LogP contribution in [0, 0.1) is 50.2 Å². The number of aliphatic hydroxyl groups is 14. The summed E-state index contributed by atoms with van der Waals surface area (Å²) in [5.74, 6) is -2.21. The highest BCUT2D eigenvalue weighted by atomic mass is 16.8. The van der Waals surface area contributed by atoms with Crippen LogP contribution in [0.15, 0.2) is 11.6 Å². The van der Waals surface area contributed by atoms with Gasteiger partial charge < -0.3 is 114 Å². The number of hydrogen-bond donors (Lipinski definition) is 14. The standard InChI is InChI=1S/C56H90O25/c1-23-33(62)37(66)40(69)46(74-23)79-44-43(78-47-41(70)38(67)34(63)28(19-57)75-47)36(65)30(21-73-24(2)60)77-49(44)81-50(72)56-15-13-51(3,4)17-26(56)25-9-10-32-52(5)18-27(61)45(80-48-42(71)39(68)35(64)29(20-58)76-48)53(6,22-59)31(52)11-12-55(32,8)54(25,7)14-16-56/h9,23,26-49,57-59,61-71H,10-22H2,1-8H3/t23-,26-,27-,28+,29+,30+,31+,32+,33-,34-,35+,36+,37+,38-,39-,40+,41+,42+,43-,44+,45-,46-,47-,48-,49-,52-,53-,54+,55+,56-/m0/s1. The SMILES string of the molecule is CC(=O)OC[C@H]1O[C@@H](OC(=O)[C@]23CCC(C)(C)C[C@H]2C2=CC[C@@H]4[C@@]5(C)C[C@H](O)[C@H](O[C@@H]6O[C@H](CO)[C@@H](O)[C@H](O)[C@H]6O)[C@@](C)(CO)[C@@H]5CC[C@@]4(C)[C@]2(C)CC3)[C@H](O[C@@H]2O[C@@H](C)[C@H](O)[C@@H](O)[C@H]2O)[C@@H](O[C@@H]2O[C@H](CO)[C@H](O)[C@H](O)[C@H]2O)[C@@H]1O. The summed E-state index contributed by atoms with van der Waals surface area (Å²) < 4.78 is 54.3. The van der Waals surface area contributed by atoms with E-state index in [9.17, 15) is 76.3 Å². The smallest absolute Gasteiger partial charge is 0.315 e. The fourth-order valence-corrected chi connectivity index (χ4v) is 16.8. The lowest BCUT2D eigenvalue weighted by Crippen LogP contribution is -2.69. The molecule has 0 amide bonds. The monoisotopic (exact) mass is 1160 g/mol. The highest BCUT2D eigenvalue weighted by Crippen LogP contribution is 2.76. The van der Waals surface area contributed by atoms with Gasteiger partial charge in [0.1, 0.15) is 92.1 Å². The van der Waals surface area contributed by atoms with Crippen LogP contribution < -0.4 is 0 Å². The topological polar surface area (TPSA) is 400 Å². The Bertz CT molecular complexity index is 2270. The van der Waals surface area contributed by atoms with Crippen molar-refractivity contribution in [1.29, 1.82) is 0 Å². The number of hydrogen-bond acceptors (Lipinski definition) is 25. The summed E-state index contributed by atoms with van der Waals surface area (Å²) in [6.07, 6.45) is -30.0. The number of aliphatic hydroxyl groups excluding tert-OH is 14. The Morgan fingerprint density at radius 1 is 0.593 bits per heavy atom. The highest BCUT2D eigenvalue weighted by molar-refractivity contribution is 5.79. The summed E-state index contributed by atoms with van der Waals surface area (Å²) in [7, 11) is 0. The Balaban J connectivity index is 1.05. The number of esters is 2. The van der Waals surface area contributed by atoms with Gasteiger partial charge in [-0.2, -0.15) is 0 Å². The van der Waals surface area contributed by atoms with Crippen LogP contribution in [0.3, 0.4) is 0 Å². The Hall–Kier alpha value is -2.16. The molecule has 8 fully saturated rings. The van der Waals surface area contributed by atoms with Gasteiger partial charge in [-0.25, -0.2) is 0 Å². The first-order valence-corrected chi connectivity index (χ1v) is 28.8. The third-order valence-corrected chi connectivity index (χ3v) is 21.8. The molecule has 25 nitrogen and oxygen atoms in total. The molecule has 14 N–H and O–H groups in total. The van der Waals surface area contributed by atoms with Crippen LogP contribution in [0.1, 0.15) is 113 Å². The van der Waals surface area contributed by atoms with E-state index in [1.165, 1.54) is 6.92 Å². The molecule has 0 aromatic rings. The third-order valence-electron chi connectivity index (χ3n) is 21.8. The molecule has 0 aromatic carbocycles. The molecule has 5 aliphatic carbocycles. The van der Waals surface area contributed by atoms with E-state index in [0.29, 0.717) is 51.4 Å². The molecule has 4 heterocycles. The van der Waals surface area contributed by atoms with Gasteiger partial charge in [0.15, 0.2) is 25.0 Å². The van der Waals surface area contributed by atoms with Crippen LogP contribution in [0.25, 0.3) is 0 Å². The van der Waals surface area contributed by atoms with Gasteiger partial charge in [0.05, 0.1) is 43.5 Å². The van der Waals surface area contributed by atoms with Crippen molar-refractivity contribution < 1.29 is 124 Å². The number of fused-ring (bicyclic) bond motifs is 7. The van der Waals surface area contributed by atoms with E-state index in [4.69, 9.17) is 42.6 Å². The molecule has 81 heavy (non-hydrogen) atoms. The van der Waals surface area contributed by atoms with Gasteiger partial charge in [-0.1, -0.05) is 53.2 Å². The molecule has 4 saturated heterocycles. The summed E-state index contributed by atoms with van der Waals surface area (Å²) in [4.78, 5) is 28.1. The van der Waals surface area contributed by atoms with Crippen molar-refractivity contribution >= 4 is 11.9 Å². The van der Waals surface area contributed by atoms with Crippen LogP contribution in [0.2, 0.25) is 0 Å². The molecular weight excluding hydrogens is 1070 g/mol. The minimum atomic E-state index is -2.01. The van der Waals surface area contributed by atoms with Crippen LogP contribution in [-0.2, 0) is 52.2 Å². The van der Waals surface area contributed by atoms with E-state index in [2.05, 4.69) is 40.7 Å². The first-order valence-electron chi connectivity index (χ1n) is 28.8. The molecule has 464 valence electrons. The maximum Gasteiger partial charge on any atom is 0.315 e. The molecule has 4 aliphatic heterocycles. The second-order valence-electron chi connectivity index (χ2n) is 26.9. The first-order chi connectivity index (χ1) is 37.9. The fourth-order valence-electron chi connectivity index (χ4n) is 16.8. The number of allylic oxidation sites excluding steroid dienone is 2. The molecule has 25 heteroatoms. The van der Waals surface area contributed by atoms with Crippen molar-refractivity contribution in [2.45, 2.75) is 248 Å². The van der Waals surface area contributed by atoms with E-state index in [1.807, 2.05) is 6.92 Å². The Kier molecular flexibility index (Phi) is 18.1. The van der Waals surface area contributed by atoms with Gasteiger partial charge in [-0.3, -0.25) is 9.59 Å². The van der Waals surface area contributed by atoms with E-state index >= 15 is 4.79 Å². The zero-order valence-electron chi connectivity index (χ0n) is 47.5. The lowest BCUT2D eigenvalue weighted by molar-refractivity contribution is -0.387. The molecule has 0 aromatic heterocycles.